The molecule has 2 fully saturated rings. The summed E-state index contributed by atoms with van der Waals surface area (Å²) in [5, 5.41) is 10.2. The molecule has 4 rings (SSSR count). The molecule has 2 aromatic rings. The molecule has 2 unspecified atom stereocenters. The van der Waals surface area contributed by atoms with Gasteiger partial charge in [-0.05, 0) is 38.1 Å². The van der Waals surface area contributed by atoms with Gasteiger partial charge in [-0.2, -0.15) is 5.10 Å². The van der Waals surface area contributed by atoms with Crippen molar-refractivity contribution in [2.45, 2.75) is 32.2 Å². The van der Waals surface area contributed by atoms with Crippen LogP contribution in [0.25, 0.3) is 10.9 Å². The molecular formula is C19H24FN5O2. The minimum atomic E-state index is -0.437. The lowest BCUT2D eigenvalue weighted by molar-refractivity contribution is -0.126. The molecule has 7 nitrogen and oxygen atoms in total. The Morgan fingerprint density at radius 1 is 1.44 bits per heavy atom. The van der Waals surface area contributed by atoms with Crippen LogP contribution in [0.5, 0.6) is 0 Å². The summed E-state index contributed by atoms with van der Waals surface area (Å²) < 4.78 is 14.2. The van der Waals surface area contributed by atoms with Crippen LogP contribution >= 0.6 is 0 Å². The van der Waals surface area contributed by atoms with Gasteiger partial charge < -0.3 is 5.32 Å². The third-order valence-electron chi connectivity index (χ3n) is 5.69. The number of nitrogens with one attached hydrogen (secondary N) is 2. The smallest absolute Gasteiger partial charge is 0.229 e. The zero-order chi connectivity index (χ0) is 19.0. The zero-order valence-corrected chi connectivity index (χ0v) is 15.4. The first kappa shape index (κ1) is 17.9. The molecule has 0 spiro atoms. The summed E-state index contributed by atoms with van der Waals surface area (Å²) in [6.07, 6.45) is 2.36. The van der Waals surface area contributed by atoms with E-state index < -0.39 is 11.7 Å². The second-order valence-electron chi connectivity index (χ2n) is 7.28. The van der Waals surface area contributed by atoms with Crippen molar-refractivity contribution in [1.82, 2.24) is 20.4 Å². The lowest BCUT2D eigenvalue weighted by Crippen LogP contribution is -2.42. The quantitative estimate of drug-likeness (QED) is 0.835. The summed E-state index contributed by atoms with van der Waals surface area (Å²) in [4.78, 5) is 28.8. The van der Waals surface area contributed by atoms with Crippen molar-refractivity contribution in [2.24, 2.45) is 5.92 Å². The number of hydrogen-bond acceptors (Lipinski definition) is 4. The molecule has 0 saturated carbocycles. The highest BCUT2D eigenvalue weighted by atomic mass is 19.1. The van der Waals surface area contributed by atoms with Crippen LogP contribution in [0.2, 0.25) is 0 Å². The van der Waals surface area contributed by atoms with Gasteiger partial charge in [0.05, 0.1) is 16.8 Å². The normalized spacial score (nSPS) is 23.5. The fraction of sp³-hybridized carbons (Fsp3) is 0.526. The van der Waals surface area contributed by atoms with Gasteiger partial charge in [-0.15, -0.1) is 0 Å². The molecule has 2 atom stereocenters. The molecule has 8 heteroatoms. The monoisotopic (exact) mass is 373 g/mol. The standard InChI is InChI=1S/C19H24FN5O2/c1-2-24-8-4-5-13(24)10-21-19(27)12-9-16(26)25(11-12)18-17-14(20)6-3-7-15(17)22-23-18/h3,6-7,12-13H,2,4-5,8-11H2,1H3,(H,21,27)(H,22,23). The fourth-order valence-electron chi connectivity index (χ4n) is 4.20. The van der Waals surface area contributed by atoms with E-state index in [0.717, 1.165) is 25.9 Å². The van der Waals surface area contributed by atoms with Crippen LogP contribution in [0.1, 0.15) is 26.2 Å². The highest BCUT2D eigenvalue weighted by Gasteiger charge is 2.37. The lowest BCUT2D eigenvalue weighted by Gasteiger charge is -2.23. The molecule has 2 amide bonds. The average molecular weight is 373 g/mol. The van der Waals surface area contributed by atoms with E-state index in [-0.39, 0.29) is 36.0 Å². The van der Waals surface area contributed by atoms with E-state index in [4.69, 9.17) is 0 Å². The average Bonchev–Trinajstić information content (AvgIpc) is 3.37. The summed E-state index contributed by atoms with van der Waals surface area (Å²) in [5.41, 5.74) is 0.534. The minimum Gasteiger partial charge on any atom is -0.354 e. The number of carbonyl (C=O) groups is 2. The van der Waals surface area contributed by atoms with Crippen molar-refractivity contribution in [2.75, 3.05) is 31.1 Å². The van der Waals surface area contributed by atoms with Gasteiger partial charge in [-0.3, -0.25) is 24.5 Å². The number of H-pyrrole nitrogens is 1. The number of nitrogens with zero attached hydrogens (tertiary/aromatic N) is 3. The van der Waals surface area contributed by atoms with Gasteiger partial charge in [0.15, 0.2) is 5.82 Å². The third kappa shape index (κ3) is 3.29. The zero-order valence-electron chi connectivity index (χ0n) is 15.4. The number of anilines is 1. The first-order chi connectivity index (χ1) is 13.1. The number of benzene rings is 1. The van der Waals surface area contributed by atoms with Crippen LogP contribution in [-0.4, -0.2) is 59.1 Å². The fourth-order valence-corrected chi connectivity index (χ4v) is 4.20. The lowest BCUT2D eigenvalue weighted by atomic mass is 10.1. The van der Waals surface area contributed by atoms with E-state index in [0.29, 0.717) is 18.1 Å². The van der Waals surface area contributed by atoms with Crippen LogP contribution in [0.15, 0.2) is 18.2 Å². The Kier molecular flexibility index (Phi) is 4.82. The van der Waals surface area contributed by atoms with Gasteiger partial charge in [0, 0.05) is 25.6 Å². The number of likely N-dealkylation sites (N-methyl/N-ethyl adjacent to an activating group) is 1. The van der Waals surface area contributed by atoms with E-state index in [1.54, 1.807) is 12.1 Å². The molecular weight excluding hydrogens is 349 g/mol. The first-order valence-corrected chi connectivity index (χ1v) is 9.53. The van der Waals surface area contributed by atoms with Crippen LogP contribution in [0.4, 0.5) is 10.2 Å². The topological polar surface area (TPSA) is 81.3 Å². The summed E-state index contributed by atoms with van der Waals surface area (Å²) in [5.74, 6) is -0.932. The van der Waals surface area contributed by atoms with E-state index in [9.17, 15) is 14.0 Å². The maximum Gasteiger partial charge on any atom is 0.229 e. The van der Waals surface area contributed by atoms with Crippen LogP contribution in [0.3, 0.4) is 0 Å². The summed E-state index contributed by atoms with van der Waals surface area (Å²) in [6.45, 7) is 5.01. The molecule has 27 heavy (non-hydrogen) atoms. The number of rotatable bonds is 5. The van der Waals surface area contributed by atoms with E-state index in [1.807, 2.05) is 0 Å². The number of fused-ring (bicyclic) bond motifs is 1. The number of likely N-dealkylation sites (tertiary alicyclic amines) is 1. The van der Waals surface area contributed by atoms with E-state index >= 15 is 0 Å². The molecule has 1 aromatic heterocycles. The molecule has 1 aromatic carbocycles. The molecule has 0 bridgehead atoms. The molecule has 2 aliphatic heterocycles. The van der Waals surface area contributed by atoms with Gasteiger partial charge in [-0.25, -0.2) is 4.39 Å². The Morgan fingerprint density at radius 3 is 3.11 bits per heavy atom. The van der Waals surface area contributed by atoms with Crippen molar-refractivity contribution in [3.8, 4) is 0 Å². The van der Waals surface area contributed by atoms with E-state index in [1.165, 1.54) is 11.0 Å². The molecule has 0 radical (unpaired) electrons. The summed E-state index contributed by atoms with van der Waals surface area (Å²) in [7, 11) is 0. The second kappa shape index (κ2) is 7.26. The van der Waals surface area contributed by atoms with Crippen LogP contribution in [0, 0.1) is 11.7 Å². The van der Waals surface area contributed by atoms with Crippen molar-refractivity contribution in [1.29, 1.82) is 0 Å². The second-order valence-corrected chi connectivity index (χ2v) is 7.28. The largest absolute Gasteiger partial charge is 0.354 e. The summed E-state index contributed by atoms with van der Waals surface area (Å²) in [6, 6.07) is 5.01. The maximum atomic E-state index is 14.2. The summed E-state index contributed by atoms with van der Waals surface area (Å²) >= 11 is 0. The number of halogens is 1. The van der Waals surface area contributed by atoms with Gasteiger partial charge in [0.2, 0.25) is 11.8 Å². The predicted octanol–water partition coefficient (Wildman–Crippen LogP) is 1.66. The van der Waals surface area contributed by atoms with Crippen molar-refractivity contribution in [3.05, 3.63) is 24.0 Å². The van der Waals surface area contributed by atoms with Crippen molar-refractivity contribution >= 4 is 28.5 Å². The Labute approximate surface area is 156 Å². The van der Waals surface area contributed by atoms with E-state index in [2.05, 4.69) is 27.3 Å². The highest BCUT2D eigenvalue weighted by Crippen LogP contribution is 2.31. The first-order valence-electron chi connectivity index (χ1n) is 9.53. The SMILES string of the molecule is CCN1CCCC1CNC(=O)C1CC(=O)N(c2n[nH]c3cccc(F)c23)C1. The molecule has 0 aliphatic carbocycles. The van der Waals surface area contributed by atoms with Crippen molar-refractivity contribution in [3.63, 3.8) is 0 Å². The molecule has 144 valence electrons. The Balaban J connectivity index is 1.43. The molecule has 2 aliphatic rings. The predicted molar refractivity (Wildman–Crippen MR) is 99.8 cm³/mol. The van der Waals surface area contributed by atoms with Gasteiger partial charge >= 0.3 is 0 Å². The Bertz CT molecular complexity index is 867. The number of aromatic nitrogens is 2. The van der Waals surface area contributed by atoms with Crippen LogP contribution < -0.4 is 10.2 Å². The van der Waals surface area contributed by atoms with Gasteiger partial charge in [-0.1, -0.05) is 13.0 Å². The van der Waals surface area contributed by atoms with Crippen molar-refractivity contribution < 1.29 is 14.0 Å². The number of aromatic amines is 1. The highest BCUT2D eigenvalue weighted by molar-refractivity contribution is 6.05. The molecule has 2 N–H and O–H groups in total. The number of amides is 2. The Hall–Kier alpha value is -2.48. The molecule has 3 heterocycles. The number of carbonyl (C=O) groups excluding carboxylic acids is 2. The minimum absolute atomic E-state index is 0.117. The Morgan fingerprint density at radius 2 is 2.30 bits per heavy atom. The number of hydrogen-bond donors (Lipinski definition) is 2. The van der Waals surface area contributed by atoms with Gasteiger partial charge in [0.25, 0.3) is 0 Å². The third-order valence-corrected chi connectivity index (χ3v) is 5.69. The van der Waals surface area contributed by atoms with Gasteiger partial charge in [0.1, 0.15) is 5.82 Å². The molecule has 2 saturated heterocycles. The van der Waals surface area contributed by atoms with Crippen LogP contribution in [-0.2, 0) is 9.59 Å². The maximum absolute atomic E-state index is 14.2.